The molecule has 20 heavy (non-hydrogen) atoms. The molecule has 0 amide bonds. The summed E-state index contributed by atoms with van der Waals surface area (Å²) in [5.41, 5.74) is 3.83. The molecule has 2 aromatic carbocycles. The number of benzene rings is 2. The van der Waals surface area contributed by atoms with Crippen molar-refractivity contribution < 1.29 is 9.18 Å². The van der Waals surface area contributed by atoms with Gasteiger partial charge in [-0.2, -0.15) is 0 Å². The zero-order valence-electron chi connectivity index (χ0n) is 11.4. The highest BCUT2D eigenvalue weighted by atomic mass is 19.1. The van der Waals surface area contributed by atoms with Gasteiger partial charge in [0, 0.05) is 29.9 Å². The van der Waals surface area contributed by atoms with Crippen molar-refractivity contribution in [2.75, 3.05) is 11.4 Å². The Bertz CT molecular complexity index is 649. The van der Waals surface area contributed by atoms with Gasteiger partial charge >= 0.3 is 0 Å². The first-order valence-electron chi connectivity index (χ1n) is 6.88. The van der Waals surface area contributed by atoms with Crippen LogP contribution >= 0.6 is 0 Å². The molecule has 3 heteroatoms. The van der Waals surface area contributed by atoms with Gasteiger partial charge in [0.2, 0.25) is 0 Å². The van der Waals surface area contributed by atoms with Gasteiger partial charge in [-0.05, 0) is 48.4 Å². The number of hydrogen-bond donors (Lipinski definition) is 0. The fourth-order valence-electron chi connectivity index (χ4n) is 2.65. The van der Waals surface area contributed by atoms with E-state index >= 15 is 0 Å². The molecule has 1 aliphatic heterocycles. The van der Waals surface area contributed by atoms with E-state index in [9.17, 15) is 9.18 Å². The number of rotatable bonds is 3. The maximum absolute atomic E-state index is 13.4. The molecule has 0 spiro atoms. The molecular weight excluding hydrogens is 253 g/mol. The van der Waals surface area contributed by atoms with Crippen molar-refractivity contribution in [3.8, 4) is 0 Å². The van der Waals surface area contributed by atoms with Gasteiger partial charge in [-0.25, -0.2) is 4.39 Å². The van der Waals surface area contributed by atoms with Crippen LogP contribution in [-0.4, -0.2) is 12.3 Å². The second kappa shape index (κ2) is 5.08. The molecule has 1 heterocycles. The summed E-state index contributed by atoms with van der Waals surface area (Å²) in [5.74, 6) is -0.0714. The third-order valence-electron chi connectivity index (χ3n) is 3.76. The van der Waals surface area contributed by atoms with E-state index in [0.29, 0.717) is 6.42 Å². The Labute approximate surface area is 117 Å². The number of carbonyl (C=O) groups is 1. The molecule has 0 aliphatic carbocycles. The predicted molar refractivity (Wildman–Crippen MR) is 78.2 cm³/mol. The third-order valence-corrected chi connectivity index (χ3v) is 3.76. The van der Waals surface area contributed by atoms with Gasteiger partial charge in [-0.3, -0.25) is 4.79 Å². The Morgan fingerprint density at radius 2 is 1.95 bits per heavy atom. The average molecular weight is 269 g/mol. The summed E-state index contributed by atoms with van der Waals surface area (Å²) in [4.78, 5) is 13.7. The number of halogens is 1. The Hall–Kier alpha value is -2.16. The molecule has 0 bridgehead atoms. The summed E-state index contributed by atoms with van der Waals surface area (Å²) in [5, 5.41) is 0. The average Bonchev–Trinajstić information content (AvgIpc) is 2.89. The molecule has 0 unspecified atom stereocenters. The van der Waals surface area contributed by atoms with E-state index in [0.717, 1.165) is 29.9 Å². The van der Waals surface area contributed by atoms with E-state index in [4.69, 9.17) is 0 Å². The number of anilines is 2. The lowest BCUT2D eigenvalue weighted by Gasteiger charge is -2.19. The standard InChI is InChI=1S/C17H16FNO/c1-2-17(20)13-4-7-15(8-5-13)19-10-9-12-3-6-14(18)11-16(12)19/h3-8,11H,2,9-10H2,1H3. The lowest BCUT2D eigenvalue weighted by atomic mass is 10.1. The molecule has 0 saturated carbocycles. The highest BCUT2D eigenvalue weighted by Gasteiger charge is 2.20. The quantitative estimate of drug-likeness (QED) is 0.781. The molecule has 2 nitrogen and oxygen atoms in total. The van der Waals surface area contributed by atoms with Crippen LogP contribution in [0.15, 0.2) is 42.5 Å². The van der Waals surface area contributed by atoms with Gasteiger partial charge < -0.3 is 4.90 Å². The van der Waals surface area contributed by atoms with Crippen molar-refractivity contribution in [3.05, 3.63) is 59.4 Å². The van der Waals surface area contributed by atoms with Crippen LogP contribution in [0.1, 0.15) is 29.3 Å². The zero-order chi connectivity index (χ0) is 14.1. The zero-order valence-corrected chi connectivity index (χ0v) is 11.4. The van der Waals surface area contributed by atoms with Crippen LogP contribution in [0.25, 0.3) is 0 Å². The van der Waals surface area contributed by atoms with E-state index < -0.39 is 0 Å². The highest BCUT2D eigenvalue weighted by molar-refractivity contribution is 5.96. The van der Waals surface area contributed by atoms with Gasteiger partial charge in [0.1, 0.15) is 5.82 Å². The van der Waals surface area contributed by atoms with Crippen LogP contribution in [0.4, 0.5) is 15.8 Å². The molecule has 3 rings (SSSR count). The summed E-state index contributed by atoms with van der Waals surface area (Å²) in [6.07, 6.45) is 1.43. The summed E-state index contributed by atoms with van der Waals surface area (Å²) in [7, 11) is 0. The molecule has 0 fully saturated rings. The van der Waals surface area contributed by atoms with Crippen molar-refractivity contribution in [1.82, 2.24) is 0 Å². The second-order valence-electron chi connectivity index (χ2n) is 5.00. The largest absolute Gasteiger partial charge is 0.341 e. The molecule has 2 aromatic rings. The highest BCUT2D eigenvalue weighted by Crippen LogP contribution is 2.34. The lowest BCUT2D eigenvalue weighted by Crippen LogP contribution is -2.13. The molecule has 0 N–H and O–H groups in total. The molecular formula is C17H16FNO. The molecule has 0 radical (unpaired) electrons. The van der Waals surface area contributed by atoms with E-state index in [1.165, 1.54) is 11.6 Å². The number of ketones is 1. The maximum Gasteiger partial charge on any atom is 0.162 e. The van der Waals surface area contributed by atoms with Crippen LogP contribution in [0.3, 0.4) is 0 Å². The van der Waals surface area contributed by atoms with Crippen molar-refractivity contribution in [2.45, 2.75) is 19.8 Å². The monoisotopic (exact) mass is 269 g/mol. The SMILES string of the molecule is CCC(=O)c1ccc(N2CCc3ccc(F)cc32)cc1. The minimum absolute atomic E-state index is 0.143. The van der Waals surface area contributed by atoms with Gasteiger partial charge in [-0.15, -0.1) is 0 Å². The molecule has 0 saturated heterocycles. The first-order valence-corrected chi connectivity index (χ1v) is 6.88. The number of hydrogen-bond acceptors (Lipinski definition) is 2. The normalized spacial score (nSPS) is 13.4. The van der Waals surface area contributed by atoms with Gasteiger partial charge in [-0.1, -0.05) is 13.0 Å². The van der Waals surface area contributed by atoms with Crippen LogP contribution in [0.5, 0.6) is 0 Å². The van der Waals surface area contributed by atoms with Gasteiger partial charge in [0.05, 0.1) is 0 Å². The summed E-state index contributed by atoms with van der Waals surface area (Å²) >= 11 is 0. The second-order valence-corrected chi connectivity index (χ2v) is 5.00. The van der Waals surface area contributed by atoms with Crippen LogP contribution in [0.2, 0.25) is 0 Å². The minimum Gasteiger partial charge on any atom is -0.341 e. The number of carbonyl (C=O) groups excluding carboxylic acids is 1. The first-order chi connectivity index (χ1) is 9.69. The summed E-state index contributed by atoms with van der Waals surface area (Å²) in [6, 6.07) is 12.5. The van der Waals surface area contributed by atoms with Crippen LogP contribution in [0, 0.1) is 5.82 Å². The Morgan fingerprint density at radius 3 is 2.65 bits per heavy atom. The summed E-state index contributed by atoms with van der Waals surface area (Å²) < 4.78 is 13.4. The van der Waals surface area contributed by atoms with Gasteiger partial charge in [0.15, 0.2) is 5.78 Å². The van der Waals surface area contributed by atoms with E-state index in [-0.39, 0.29) is 11.6 Å². The number of nitrogens with zero attached hydrogens (tertiary/aromatic N) is 1. The van der Waals surface area contributed by atoms with Crippen molar-refractivity contribution >= 4 is 17.2 Å². The maximum atomic E-state index is 13.4. The predicted octanol–water partition coefficient (Wildman–Crippen LogP) is 4.11. The molecule has 1 aliphatic rings. The van der Waals surface area contributed by atoms with E-state index in [1.54, 1.807) is 6.07 Å². The molecule has 0 aromatic heterocycles. The Balaban J connectivity index is 1.92. The Kier molecular flexibility index (Phi) is 3.26. The van der Waals surface area contributed by atoms with Crippen molar-refractivity contribution in [3.63, 3.8) is 0 Å². The van der Waals surface area contributed by atoms with Crippen LogP contribution in [-0.2, 0) is 6.42 Å². The van der Waals surface area contributed by atoms with Crippen LogP contribution < -0.4 is 4.90 Å². The number of fused-ring (bicyclic) bond motifs is 1. The fraction of sp³-hybridized carbons (Fsp3) is 0.235. The summed E-state index contributed by atoms with van der Waals surface area (Å²) in [6.45, 7) is 2.70. The number of Topliss-reactive ketones (excluding diaryl/α,β-unsaturated/α-hetero) is 1. The smallest absolute Gasteiger partial charge is 0.162 e. The van der Waals surface area contributed by atoms with Crippen molar-refractivity contribution in [1.29, 1.82) is 0 Å². The molecule has 102 valence electrons. The first kappa shape index (κ1) is 12.9. The van der Waals surface area contributed by atoms with E-state index in [1.807, 2.05) is 37.3 Å². The topological polar surface area (TPSA) is 20.3 Å². The fourth-order valence-corrected chi connectivity index (χ4v) is 2.65. The van der Waals surface area contributed by atoms with Gasteiger partial charge in [0.25, 0.3) is 0 Å². The Morgan fingerprint density at radius 1 is 1.20 bits per heavy atom. The molecule has 0 atom stereocenters. The third kappa shape index (κ3) is 2.20. The minimum atomic E-state index is -0.214. The van der Waals surface area contributed by atoms with Crippen molar-refractivity contribution in [2.24, 2.45) is 0 Å². The van der Waals surface area contributed by atoms with E-state index in [2.05, 4.69) is 4.90 Å². The lowest BCUT2D eigenvalue weighted by molar-refractivity contribution is 0.0988.